The van der Waals surface area contributed by atoms with Gasteiger partial charge in [0.25, 0.3) is 0 Å². The monoisotopic (exact) mass is 193 g/mol. The summed E-state index contributed by atoms with van der Waals surface area (Å²) in [5.74, 6) is 5.56. The predicted molar refractivity (Wildman–Crippen MR) is 49.0 cm³/mol. The second-order valence-electron chi connectivity index (χ2n) is 2.91. The van der Waals surface area contributed by atoms with E-state index < -0.39 is 0 Å². The third kappa shape index (κ3) is 1.50. The molecule has 0 bridgehead atoms. The van der Waals surface area contributed by atoms with E-state index >= 15 is 0 Å². The second kappa shape index (κ2) is 2.87. The van der Waals surface area contributed by atoms with E-state index in [1.165, 1.54) is 16.8 Å². The third-order valence-corrected chi connectivity index (χ3v) is 3.22. The number of nitrogens with zero attached hydrogens (tertiary/aromatic N) is 1. The van der Waals surface area contributed by atoms with Crippen LogP contribution in [0.4, 0.5) is 0 Å². The highest BCUT2D eigenvalue weighted by molar-refractivity contribution is 8.24. The van der Waals surface area contributed by atoms with Crippen LogP contribution in [0.1, 0.15) is 13.8 Å². The van der Waals surface area contributed by atoms with Gasteiger partial charge in [0.1, 0.15) is 6.17 Å². The summed E-state index contributed by atoms with van der Waals surface area (Å²) in [4.78, 5) is 0. The minimum absolute atomic E-state index is 0.180. The molecule has 1 unspecified atom stereocenters. The number of hydrogen-bond acceptors (Lipinski definition) is 5. The van der Waals surface area contributed by atoms with Crippen LogP contribution in [0.15, 0.2) is 0 Å². The van der Waals surface area contributed by atoms with Crippen LogP contribution in [-0.4, -0.2) is 25.4 Å². The van der Waals surface area contributed by atoms with Crippen molar-refractivity contribution < 1.29 is 5.21 Å². The maximum atomic E-state index is 8.75. The van der Waals surface area contributed by atoms with Crippen LogP contribution in [-0.2, 0) is 0 Å². The maximum Gasteiger partial charge on any atom is 0.152 e. The highest BCUT2D eigenvalue weighted by atomic mass is 32.2. The van der Waals surface area contributed by atoms with Gasteiger partial charge in [-0.2, -0.15) is 5.48 Å². The zero-order chi connectivity index (χ0) is 8.65. The molecule has 0 spiro atoms. The van der Waals surface area contributed by atoms with E-state index in [4.69, 9.17) is 23.3 Å². The minimum Gasteiger partial charge on any atom is -0.315 e. The lowest BCUT2D eigenvalue weighted by molar-refractivity contribution is 0.0570. The molecule has 4 nitrogen and oxygen atoms in total. The van der Waals surface area contributed by atoms with Crippen molar-refractivity contribution in [2.24, 2.45) is 5.84 Å². The molecule has 0 saturated carbocycles. The highest BCUT2D eigenvalue weighted by Gasteiger charge is 2.43. The Morgan fingerprint density at radius 1 is 1.82 bits per heavy atom. The van der Waals surface area contributed by atoms with Crippen molar-refractivity contribution in [3.05, 3.63) is 0 Å². The Labute approximate surface area is 75.0 Å². The van der Waals surface area contributed by atoms with Gasteiger partial charge in [-0.05, 0) is 13.8 Å². The van der Waals surface area contributed by atoms with Gasteiger partial charge >= 0.3 is 0 Å². The van der Waals surface area contributed by atoms with Crippen LogP contribution >= 0.6 is 24.0 Å². The molecule has 1 rings (SSSR count). The molecule has 1 aliphatic heterocycles. The summed E-state index contributed by atoms with van der Waals surface area (Å²) in [5, 5.41) is 10.1. The number of thiocarbonyl (C=S) groups is 1. The Hall–Kier alpha value is 0.120. The van der Waals surface area contributed by atoms with E-state index in [1.807, 2.05) is 13.8 Å². The fourth-order valence-corrected chi connectivity index (χ4v) is 2.68. The molecular weight excluding hydrogens is 182 g/mol. The molecule has 0 aromatic heterocycles. The zero-order valence-electron chi connectivity index (χ0n) is 6.37. The number of thioether (sulfide) groups is 1. The summed E-state index contributed by atoms with van der Waals surface area (Å²) in [5.41, 5.74) is 2.13. The molecule has 1 fully saturated rings. The average Bonchev–Trinajstić information content (AvgIpc) is 2.03. The normalized spacial score (nSPS) is 29.6. The van der Waals surface area contributed by atoms with Crippen LogP contribution in [0.25, 0.3) is 0 Å². The number of hydroxylamine groups is 1. The molecule has 0 aromatic carbocycles. The topological polar surface area (TPSA) is 61.5 Å². The van der Waals surface area contributed by atoms with Gasteiger partial charge in [0.05, 0.1) is 4.75 Å². The largest absolute Gasteiger partial charge is 0.315 e. The van der Waals surface area contributed by atoms with Gasteiger partial charge < -0.3 is 5.21 Å². The number of nitrogens with two attached hydrogens (primary N) is 1. The van der Waals surface area contributed by atoms with E-state index in [9.17, 15) is 0 Å². The first kappa shape index (κ1) is 9.21. The average molecular weight is 193 g/mol. The molecule has 0 radical (unpaired) electrons. The van der Waals surface area contributed by atoms with Crippen molar-refractivity contribution in [3.63, 3.8) is 0 Å². The van der Waals surface area contributed by atoms with E-state index in [0.717, 1.165) is 0 Å². The van der Waals surface area contributed by atoms with Gasteiger partial charge in [-0.1, -0.05) is 24.0 Å². The van der Waals surface area contributed by atoms with E-state index in [-0.39, 0.29) is 10.9 Å². The predicted octanol–water partition coefficient (Wildman–Crippen LogP) is 0.277. The molecule has 4 N–H and O–H groups in total. The van der Waals surface area contributed by atoms with E-state index in [0.29, 0.717) is 4.32 Å². The number of rotatable bonds is 1. The maximum absolute atomic E-state index is 8.75. The van der Waals surface area contributed by atoms with Crippen LogP contribution in [0.2, 0.25) is 0 Å². The number of hydrogen-bond donors (Lipinski definition) is 3. The van der Waals surface area contributed by atoms with Crippen molar-refractivity contribution in [2.45, 2.75) is 24.8 Å². The van der Waals surface area contributed by atoms with Gasteiger partial charge in [-0.25, -0.2) is 5.84 Å². The lowest BCUT2D eigenvalue weighted by atomic mass is 10.1. The van der Waals surface area contributed by atoms with Gasteiger partial charge in [-0.15, -0.1) is 0 Å². The van der Waals surface area contributed by atoms with Crippen molar-refractivity contribution >= 4 is 28.3 Å². The summed E-state index contributed by atoms with van der Waals surface area (Å²) < 4.78 is 0.419. The highest BCUT2D eigenvalue weighted by Crippen LogP contribution is 2.37. The molecule has 64 valence electrons. The molecular formula is C5H11N3OS2. The zero-order valence-corrected chi connectivity index (χ0v) is 8.00. The molecule has 1 heterocycles. The molecule has 1 saturated heterocycles. The lowest BCUT2D eigenvalue weighted by Crippen LogP contribution is -2.53. The summed E-state index contributed by atoms with van der Waals surface area (Å²) in [6, 6.07) is 0. The van der Waals surface area contributed by atoms with Gasteiger partial charge in [0.2, 0.25) is 0 Å². The minimum atomic E-state index is -0.306. The van der Waals surface area contributed by atoms with Crippen molar-refractivity contribution in [1.82, 2.24) is 10.5 Å². The fourth-order valence-electron chi connectivity index (χ4n) is 0.992. The van der Waals surface area contributed by atoms with Gasteiger partial charge in [0, 0.05) is 0 Å². The van der Waals surface area contributed by atoms with Crippen LogP contribution in [0.5, 0.6) is 0 Å². The van der Waals surface area contributed by atoms with Crippen LogP contribution in [0.3, 0.4) is 0 Å². The molecule has 0 aromatic rings. The second-order valence-corrected chi connectivity index (χ2v) is 5.20. The quantitative estimate of drug-likeness (QED) is 0.316. The Balaban J connectivity index is 2.81. The molecule has 0 amide bonds. The summed E-state index contributed by atoms with van der Waals surface area (Å²) in [7, 11) is 0. The summed E-state index contributed by atoms with van der Waals surface area (Å²) in [6.07, 6.45) is -0.306. The molecule has 1 aliphatic rings. The number of nitrogens with one attached hydrogen (secondary N) is 1. The fraction of sp³-hybridized carbons (Fsp3) is 0.800. The summed E-state index contributed by atoms with van der Waals surface area (Å²) in [6.45, 7) is 3.93. The van der Waals surface area contributed by atoms with E-state index in [2.05, 4.69) is 5.48 Å². The molecule has 6 heteroatoms. The van der Waals surface area contributed by atoms with Gasteiger partial charge in [-0.3, -0.25) is 5.01 Å². The first-order valence-electron chi connectivity index (χ1n) is 3.15. The van der Waals surface area contributed by atoms with Crippen molar-refractivity contribution in [3.8, 4) is 0 Å². The van der Waals surface area contributed by atoms with Crippen LogP contribution in [0, 0.1) is 0 Å². The lowest BCUT2D eigenvalue weighted by Gasteiger charge is -2.26. The Kier molecular flexibility index (Phi) is 2.40. The van der Waals surface area contributed by atoms with E-state index in [1.54, 1.807) is 0 Å². The first-order chi connectivity index (χ1) is 4.99. The Morgan fingerprint density at radius 3 is 2.55 bits per heavy atom. The molecule has 1 atom stereocenters. The first-order valence-corrected chi connectivity index (χ1v) is 4.38. The molecule has 0 aliphatic carbocycles. The van der Waals surface area contributed by atoms with Crippen LogP contribution < -0.4 is 11.3 Å². The SMILES string of the molecule is CC1(C)SC(=S)N(N)C1NO. The molecule has 11 heavy (non-hydrogen) atoms. The van der Waals surface area contributed by atoms with Gasteiger partial charge in [0.15, 0.2) is 4.32 Å². The standard InChI is InChI=1S/C5H11N3OS2/c1-5(2)3(7-9)8(6)4(10)11-5/h3,7,9H,6H2,1-2H3. The summed E-state index contributed by atoms with van der Waals surface area (Å²) >= 11 is 6.42. The smallest absolute Gasteiger partial charge is 0.152 e. The number of hydrazine groups is 1. The van der Waals surface area contributed by atoms with Crippen molar-refractivity contribution in [2.75, 3.05) is 0 Å². The van der Waals surface area contributed by atoms with Crippen molar-refractivity contribution in [1.29, 1.82) is 0 Å². The Bertz CT molecular complexity index is 185. The Morgan fingerprint density at radius 2 is 2.36 bits per heavy atom. The third-order valence-electron chi connectivity index (χ3n) is 1.62.